The maximum absolute atomic E-state index is 5.27. The fraction of sp³-hybridized carbons (Fsp3) is 0.636. The standard InChI is InChI=1S/C11H19NO2/c1-10(12-6-4-7-13-2)9-11-5-3-8-14-11/h3,5,8,10,12H,4,6-7,9H2,1-2H3. The van der Waals surface area contributed by atoms with Gasteiger partial charge in [-0.1, -0.05) is 0 Å². The van der Waals surface area contributed by atoms with Gasteiger partial charge in [0.1, 0.15) is 5.76 Å². The van der Waals surface area contributed by atoms with Gasteiger partial charge in [-0.05, 0) is 32.0 Å². The van der Waals surface area contributed by atoms with Gasteiger partial charge in [0.15, 0.2) is 0 Å². The fourth-order valence-corrected chi connectivity index (χ4v) is 1.37. The van der Waals surface area contributed by atoms with Crippen LogP contribution in [0.2, 0.25) is 0 Å². The lowest BCUT2D eigenvalue weighted by atomic mass is 10.2. The molecule has 80 valence electrons. The summed E-state index contributed by atoms with van der Waals surface area (Å²) in [6.07, 6.45) is 3.71. The Kier molecular flexibility index (Phi) is 5.33. The lowest BCUT2D eigenvalue weighted by Gasteiger charge is -2.11. The maximum atomic E-state index is 5.27. The minimum atomic E-state index is 0.456. The summed E-state index contributed by atoms with van der Waals surface area (Å²) in [5.74, 6) is 1.04. The monoisotopic (exact) mass is 197 g/mol. The summed E-state index contributed by atoms with van der Waals surface area (Å²) >= 11 is 0. The highest BCUT2D eigenvalue weighted by Crippen LogP contribution is 2.03. The van der Waals surface area contributed by atoms with Gasteiger partial charge in [0.25, 0.3) is 0 Å². The normalized spacial score (nSPS) is 13.0. The summed E-state index contributed by atoms with van der Waals surface area (Å²) in [4.78, 5) is 0. The van der Waals surface area contributed by atoms with Crippen LogP contribution >= 0.6 is 0 Å². The summed E-state index contributed by atoms with van der Waals surface area (Å²) in [6.45, 7) is 3.98. The van der Waals surface area contributed by atoms with E-state index in [1.807, 2.05) is 12.1 Å². The largest absolute Gasteiger partial charge is 0.469 e. The van der Waals surface area contributed by atoms with Crippen molar-refractivity contribution < 1.29 is 9.15 Å². The highest BCUT2D eigenvalue weighted by molar-refractivity contribution is 4.99. The van der Waals surface area contributed by atoms with E-state index in [2.05, 4.69) is 12.2 Å². The molecule has 1 heterocycles. The molecule has 1 unspecified atom stereocenters. The SMILES string of the molecule is COCCCNC(C)Cc1ccco1. The number of hydrogen-bond donors (Lipinski definition) is 1. The van der Waals surface area contributed by atoms with Crippen LogP contribution in [0.25, 0.3) is 0 Å². The van der Waals surface area contributed by atoms with Gasteiger partial charge < -0.3 is 14.5 Å². The molecule has 0 saturated heterocycles. The van der Waals surface area contributed by atoms with Crippen LogP contribution in [0, 0.1) is 0 Å². The van der Waals surface area contributed by atoms with Gasteiger partial charge in [-0.25, -0.2) is 0 Å². The number of methoxy groups -OCH3 is 1. The minimum absolute atomic E-state index is 0.456. The van der Waals surface area contributed by atoms with Crippen LogP contribution in [0.4, 0.5) is 0 Å². The van der Waals surface area contributed by atoms with Crippen LogP contribution in [-0.4, -0.2) is 26.3 Å². The Balaban J connectivity index is 2.07. The molecular formula is C11H19NO2. The van der Waals surface area contributed by atoms with E-state index in [0.29, 0.717) is 6.04 Å². The first-order valence-electron chi connectivity index (χ1n) is 5.07. The number of rotatable bonds is 7. The second kappa shape index (κ2) is 6.62. The fourth-order valence-electron chi connectivity index (χ4n) is 1.37. The van der Waals surface area contributed by atoms with Crippen molar-refractivity contribution in [2.45, 2.75) is 25.8 Å². The van der Waals surface area contributed by atoms with Crippen molar-refractivity contribution in [3.8, 4) is 0 Å². The third-order valence-corrected chi connectivity index (χ3v) is 2.11. The Morgan fingerprint density at radius 1 is 1.57 bits per heavy atom. The molecule has 0 aliphatic heterocycles. The van der Waals surface area contributed by atoms with Crippen LogP contribution < -0.4 is 5.32 Å². The Morgan fingerprint density at radius 2 is 2.43 bits per heavy atom. The van der Waals surface area contributed by atoms with Crippen LogP contribution in [-0.2, 0) is 11.2 Å². The molecule has 0 aromatic carbocycles. The molecule has 3 nitrogen and oxygen atoms in total. The first kappa shape index (κ1) is 11.3. The van der Waals surface area contributed by atoms with E-state index in [-0.39, 0.29) is 0 Å². The molecule has 1 aromatic rings. The first-order valence-corrected chi connectivity index (χ1v) is 5.07. The average Bonchev–Trinajstić information content (AvgIpc) is 2.65. The topological polar surface area (TPSA) is 34.4 Å². The summed E-state index contributed by atoms with van der Waals surface area (Å²) in [5, 5.41) is 3.42. The Hall–Kier alpha value is -0.800. The lowest BCUT2D eigenvalue weighted by molar-refractivity contribution is 0.193. The van der Waals surface area contributed by atoms with Crippen molar-refractivity contribution in [3.05, 3.63) is 24.2 Å². The molecule has 0 fully saturated rings. The van der Waals surface area contributed by atoms with Gasteiger partial charge in [-0.3, -0.25) is 0 Å². The number of furan rings is 1. The Morgan fingerprint density at radius 3 is 3.07 bits per heavy atom. The van der Waals surface area contributed by atoms with Crippen molar-refractivity contribution in [2.75, 3.05) is 20.3 Å². The van der Waals surface area contributed by atoms with E-state index in [4.69, 9.17) is 9.15 Å². The van der Waals surface area contributed by atoms with E-state index < -0.39 is 0 Å². The van der Waals surface area contributed by atoms with Gasteiger partial charge in [0.2, 0.25) is 0 Å². The van der Waals surface area contributed by atoms with E-state index in [0.717, 1.165) is 31.8 Å². The second-order valence-electron chi connectivity index (χ2n) is 3.49. The molecule has 0 saturated carbocycles. The van der Waals surface area contributed by atoms with Crippen molar-refractivity contribution in [2.24, 2.45) is 0 Å². The third kappa shape index (κ3) is 4.44. The zero-order valence-electron chi connectivity index (χ0n) is 8.95. The molecule has 14 heavy (non-hydrogen) atoms. The van der Waals surface area contributed by atoms with Gasteiger partial charge in [-0.2, -0.15) is 0 Å². The second-order valence-corrected chi connectivity index (χ2v) is 3.49. The van der Waals surface area contributed by atoms with Gasteiger partial charge in [0, 0.05) is 26.2 Å². The third-order valence-electron chi connectivity index (χ3n) is 2.11. The van der Waals surface area contributed by atoms with Gasteiger partial charge >= 0.3 is 0 Å². The minimum Gasteiger partial charge on any atom is -0.469 e. The summed E-state index contributed by atoms with van der Waals surface area (Å²) in [7, 11) is 1.73. The zero-order chi connectivity index (χ0) is 10.2. The van der Waals surface area contributed by atoms with Gasteiger partial charge in [-0.15, -0.1) is 0 Å². The molecule has 1 aromatic heterocycles. The molecule has 0 bridgehead atoms. The van der Waals surface area contributed by atoms with Crippen LogP contribution in [0.1, 0.15) is 19.1 Å². The van der Waals surface area contributed by atoms with E-state index in [1.54, 1.807) is 13.4 Å². The predicted octanol–water partition coefficient (Wildman–Crippen LogP) is 1.84. The van der Waals surface area contributed by atoms with Gasteiger partial charge in [0.05, 0.1) is 6.26 Å². The quantitative estimate of drug-likeness (QED) is 0.677. The Labute approximate surface area is 85.4 Å². The van der Waals surface area contributed by atoms with Crippen molar-refractivity contribution >= 4 is 0 Å². The number of nitrogens with one attached hydrogen (secondary N) is 1. The van der Waals surface area contributed by atoms with Crippen LogP contribution in [0.15, 0.2) is 22.8 Å². The molecule has 0 spiro atoms. The average molecular weight is 197 g/mol. The predicted molar refractivity (Wildman–Crippen MR) is 56.4 cm³/mol. The summed E-state index contributed by atoms with van der Waals surface area (Å²) < 4.78 is 10.2. The smallest absolute Gasteiger partial charge is 0.105 e. The summed E-state index contributed by atoms with van der Waals surface area (Å²) in [5.41, 5.74) is 0. The lowest BCUT2D eigenvalue weighted by Crippen LogP contribution is -2.29. The molecule has 1 atom stereocenters. The molecule has 0 amide bonds. The van der Waals surface area contributed by atoms with Crippen molar-refractivity contribution in [3.63, 3.8) is 0 Å². The molecule has 0 radical (unpaired) electrons. The highest BCUT2D eigenvalue weighted by Gasteiger charge is 2.03. The maximum Gasteiger partial charge on any atom is 0.105 e. The highest BCUT2D eigenvalue weighted by atomic mass is 16.5. The molecular weight excluding hydrogens is 178 g/mol. The zero-order valence-corrected chi connectivity index (χ0v) is 8.95. The molecule has 1 N–H and O–H groups in total. The number of hydrogen-bond acceptors (Lipinski definition) is 3. The van der Waals surface area contributed by atoms with E-state index in [1.165, 1.54) is 0 Å². The van der Waals surface area contributed by atoms with Crippen LogP contribution in [0.5, 0.6) is 0 Å². The van der Waals surface area contributed by atoms with E-state index >= 15 is 0 Å². The molecule has 1 rings (SSSR count). The molecule has 0 aliphatic carbocycles. The molecule has 0 aliphatic rings. The van der Waals surface area contributed by atoms with Crippen LogP contribution in [0.3, 0.4) is 0 Å². The van der Waals surface area contributed by atoms with Crippen molar-refractivity contribution in [1.82, 2.24) is 5.32 Å². The molecule has 3 heteroatoms. The Bertz CT molecular complexity index is 221. The number of ether oxygens (including phenoxy) is 1. The van der Waals surface area contributed by atoms with Crippen molar-refractivity contribution in [1.29, 1.82) is 0 Å². The van der Waals surface area contributed by atoms with E-state index in [9.17, 15) is 0 Å². The first-order chi connectivity index (χ1) is 6.83. The summed E-state index contributed by atoms with van der Waals surface area (Å²) in [6, 6.07) is 4.39.